The Hall–Kier alpha value is -2.71. The van der Waals surface area contributed by atoms with Crippen molar-refractivity contribution in [2.24, 2.45) is 5.10 Å². The fraction of sp³-hybridized carbons (Fsp3) is 0.222. The van der Waals surface area contributed by atoms with Crippen molar-refractivity contribution in [1.29, 1.82) is 0 Å². The lowest BCUT2D eigenvalue weighted by atomic mass is 10.2. The fourth-order valence-corrected chi connectivity index (χ4v) is 4.16. The summed E-state index contributed by atoms with van der Waals surface area (Å²) < 4.78 is 26.4. The molecule has 7 nitrogen and oxygen atoms in total. The number of amides is 1. The van der Waals surface area contributed by atoms with Crippen LogP contribution in [0.15, 0.2) is 58.5 Å². The summed E-state index contributed by atoms with van der Waals surface area (Å²) in [5, 5.41) is 13.1. The molecule has 8 heteroatoms. The number of hydrogen-bond donors (Lipinski definition) is 2. The molecule has 0 saturated carbocycles. The minimum Gasteiger partial charge on any atom is -0.508 e. The average molecular weight is 373 g/mol. The van der Waals surface area contributed by atoms with Crippen molar-refractivity contribution in [2.75, 3.05) is 13.1 Å². The second-order valence-electron chi connectivity index (χ2n) is 5.93. The monoisotopic (exact) mass is 373 g/mol. The lowest BCUT2D eigenvalue weighted by Crippen LogP contribution is -2.28. The highest BCUT2D eigenvalue weighted by Gasteiger charge is 2.27. The smallest absolute Gasteiger partial charge is 0.271 e. The van der Waals surface area contributed by atoms with Gasteiger partial charge in [-0.05, 0) is 66.9 Å². The van der Waals surface area contributed by atoms with Gasteiger partial charge in [0, 0.05) is 18.7 Å². The molecule has 26 heavy (non-hydrogen) atoms. The van der Waals surface area contributed by atoms with Gasteiger partial charge in [0.2, 0.25) is 10.0 Å². The van der Waals surface area contributed by atoms with Gasteiger partial charge in [0.15, 0.2) is 0 Å². The van der Waals surface area contributed by atoms with Crippen molar-refractivity contribution in [3.8, 4) is 5.75 Å². The van der Waals surface area contributed by atoms with Crippen LogP contribution in [0.4, 0.5) is 0 Å². The number of carbonyl (C=O) groups excluding carboxylic acids is 1. The first-order valence-electron chi connectivity index (χ1n) is 8.19. The van der Waals surface area contributed by atoms with E-state index in [-0.39, 0.29) is 10.6 Å². The Kier molecular flexibility index (Phi) is 5.34. The van der Waals surface area contributed by atoms with Gasteiger partial charge in [0.1, 0.15) is 5.75 Å². The number of rotatable bonds is 5. The summed E-state index contributed by atoms with van der Waals surface area (Å²) in [7, 11) is -3.49. The van der Waals surface area contributed by atoms with Crippen molar-refractivity contribution >= 4 is 22.1 Å². The Morgan fingerprint density at radius 3 is 2.27 bits per heavy atom. The summed E-state index contributed by atoms with van der Waals surface area (Å²) in [6.45, 7) is 1.08. The van der Waals surface area contributed by atoms with Gasteiger partial charge in [-0.1, -0.05) is 0 Å². The van der Waals surface area contributed by atoms with Crippen molar-refractivity contribution < 1.29 is 18.3 Å². The second kappa shape index (κ2) is 7.67. The number of benzene rings is 2. The normalized spacial score (nSPS) is 15.4. The van der Waals surface area contributed by atoms with Gasteiger partial charge in [-0.2, -0.15) is 9.41 Å². The zero-order valence-electron chi connectivity index (χ0n) is 14.0. The van der Waals surface area contributed by atoms with E-state index in [1.165, 1.54) is 46.9 Å². The van der Waals surface area contributed by atoms with Gasteiger partial charge in [0.05, 0.1) is 11.1 Å². The Morgan fingerprint density at radius 2 is 1.65 bits per heavy atom. The van der Waals surface area contributed by atoms with E-state index < -0.39 is 15.9 Å². The van der Waals surface area contributed by atoms with Crippen LogP contribution < -0.4 is 5.43 Å². The van der Waals surface area contributed by atoms with Gasteiger partial charge in [0.25, 0.3) is 5.91 Å². The largest absolute Gasteiger partial charge is 0.508 e. The maximum Gasteiger partial charge on any atom is 0.271 e. The summed E-state index contributed by atoms with van der Waals surface area (Å²) in [6, 6.07) is 12.2. The summed E-state index contributed by atoms with van der Waals surface area (Å²) in [6.07, 6.45) is 3.20. The highest BCUT2D eigenvalue weighted by molar-refractivity contribution is 7.89. The SMILES string of the molecule is O=C(N/N=C/c1ccc(O)cc1)c1ccc(S(=O)(=O)N2CCCC2)cc1. The lowest BCUT2D eigenvalue weighted by molar-refractivity contribution is 0.0955. The Morgan fingerprint density at radius 1 is 1.04 bits per heavy atom. The molecule has 1 fully saturated rings. The molecule has 0 spiro atoms. The summed E-state index contributed by atoms with van der Waals surface area (Å²) >= 11 is 0. The van der Waals surface area contributed by atoms with Crippen LogP contribution in [-0.4, -0.2) is 43.0 Å². The van der Waals surface area contributed by atoms with Crippen LogP contribution in [0.2, 0.25) is 0 Å². The number of hydrogen-bond acceptors (Lipinski definition) is 5. The molecule has 0 aliphatic carbocycles. The molecular formula is C18H19N3O4S. The third kappa shape index (κ3) is 4.09. The minimum absolute atomic E-state index is 0.148. The maximum absolute atomic E-state index is 12.5. The first-order valence-corrected chi connectivity index (χ1v) is 9.63. The zero-order chi connectivity index (χ0) is 18.6. The fourth-order valence-electron chi connectivity index (χ4n) is 2.65. The molecule has 0 unspecified atom stereocenters. The molecule has 0 bridgehead atoms. The molecule has 2 aromatic carbocycles. The topological polar surface area (TPSA) is 99.1 Å². The Balaban J connectivity index is 1.64. The quantitative estimate of drug-likeness (QED) is 0.618. The second-order valence-corrected chi connectivity index (χ2v) is 7.86. The Labute approximate surface area is 152 Å². The molecule has 3 rings (SSSR count). The van der Waals surface area contributed by atoms with Crippen LogP contribution in [0.5, 0.6) is 5.75 Å². The van der Waals surface area contributed by atoms with Crippen LogP contribution in [0.25, 0.3) is 0 Å². The molecular weight excluding hydrogens is 354 g/mol. The van der Waals surface area contributed by atoms with E-state index in [0.29, 0.717) is 18.7 Å². The van der Waals surface area contributed by atoms with Crippen molar-refractivity contribution in [2.45, 2.75) is 17.7 Å². The van der Waals surface area contributed by atoms with E-state index in [1.54, 1.807) is 12.1 Å². The van der Waals surface area contributed by atoms with E-state index in [2.05, 4.69) is 10.5 Å². The van der Waals surface area contributed by atoms with E-state index in [4.69, 9.17) is 0 Å². The highest BCUT2D eigenvalue weighted by Crippen LogP contribution is 2.21. The van der Waals surface area contributed by atoms with Crippen LogP contribution >= 0.6 is 0 Å². The van der Waals surface area contributed by atoms with Crippen molar-refractivity contribution in [1.82, 2.24) is 9.73 Å². The zero-order valence-corrected chi connectivity index (χ0v) is 14.8. The van der Waals surface area contributed by atoms with E-state index >= 15 is 0 Å². The van der Waals surface area contributed by atoms with Crippen molar-refractivity contribution in [3.05, 3.63) is 59.7 Å². The molecule has 1 aliphatic rings. The first kappa shape index (κ1) is 18.1. The predicted molar refractivity (Wildman–Crippen MR) is 97.6 cm³/mol. The van der Waals surface area contributed by atoms with E-state index in [0.717, 1.165) is 18.4 Å². The predicted octanol–water partition coefficient (Wildman–Crippen LogP) is 1.94. The standard InChI is InChI=1S/C18H19N3O4S/c22-16-7-3-14(4-8-16)13-19-20-18(23)15-5-9-17(10-6-15)26(24,25)21-11-1-2-12-21/h3-10,13,22H,1-2,11-12H2,(H,20,23)/b19-13+. The number of phenols is 1. The number of nitrogens with one attached hydrogen (secondary N) is 1. The molecule has 2 aromatic rings. The molecule has 0 atom stereocenters. The van der Waals surface area contributed by atoms with Gasteiger partial charge >= 0.3 is 0 Å². The summed E-state index contributed by atoms with van der Waals surface area (Å²) in [4.78, 5) is 12.3. The molecule has 136 valence electrons. The number of sulfonamides is 1. The first-order chi connectivity index (χ1) is 12.5. The van der Waals surface area contributed by atoms with Crippen LogP contribution in [0.3, 0.4) is 0 Å². The highest BCUT2D eigenvalue weighted by atomic mass is 32.2. The number of nitrogens with zero attached hydrogens (tertiary/aromatic N) is 2. The van der Waals surface area contributed by atoms with Crippen LogP contribution in [-0.2, 0) is 10.0 Å². The van der Waals surface area contributed by atoms with Gasteiger partial charge in [-0.3, -0.25) is 4.79 Å². The van der Waals surface area contributed by atoms with Gasteiger partial charge in [-0.15, -0.1) is 0 Å². The number of phenolic OH excluding ortho intramolecular Hbond substituents is 1. The van der Waals surface area contributed by atoms with Crippen LogP contribution in [0, 0.1) is 0 Å². The average Bonchev–Trinajstić information content (AvgIpc) is 3.19. The Bertz CT molecular complexity index is 900. The number of hydrazone groups is 1. The summed E-state index contributed by atoms with van der Waals surface area (Å²) in [5.41, 5.74) is 3.41. The molecule has 1 amide bonds. The van der Waals surface area contributed by atoms with Gasteiger partial charge < -0.3 is 5.11 Å². The van der Waals surface area contributed by atoms with E-state index in [9.17, 15) is 18.3 Å². The van der Waals surface area contributed by atoms with Gasteiger partial charge in [-0.25, -0.2) is 13.8 Å². The summed E-state index contributed by atoms with van der Waals surface area (Å²) in [5.74, 6) is -0.291. The molecule has 1 aliphatic heterocycles. The minimum atomic E-state index is -3.49. The molecule has 1 saturated heterocycles. The molecule has 0 radical (unpaired) electrons. The number of aromatic hydroxyl groups is 1. The third-order valence-electron chi connectivity index (χ3n) is 4.09. The third-order valence-corrected chi connectivity index (χ3v) is 6.00. The molecule has 2 N–H and O–H groups in total. The van der Waals surface area contributed by atoms with Crippen LogP contribution in [0.1, 0.15) is 28.8 Å². The molecule has 0 aromatic heterocycles. The lowest BCUT2D eigenvalue weighted by Gasteiger charge is -2.15. The number of carbonyl (C=O) groups is 1. The maximum atomic E-state index is 12.5. The molecule has 1 heterocycles. The van der Waals surface area contributed by atoms with Crippen molar-refractivity contribution in [3.63, 3.8) is 0 Å². The van der Waals surface area contributed by atoms with E-state index in [1.807, 2.05) is 0 Å².